The summed E-state index contributed by atoms with van der Waals surface area (Å²) in [5.41, 5.74) is 2.79. The minimum Gasteiger partial charge on any atom is -0.422 e. The first-order valence-electron chi connectivity index (χ1n) is 10.1. The van der Waals surface area contributed by atoms with Crippen LogP contribution in [0, 0.1) is 0 Å². The van der Waals surface area contributed by atoms with E-state index in [1.807, 2.05) is 18.2 Å². The highest BCUT2D eigenvalue weighted by Crippen LogP contribution is 2.29. The van der Waals surface area contributed by atoms with Crippen LogP contribution in [0.15, 0.2) is 82.0 Å². The molecule has 33 heavy (non-hydrogen) atoms. The molecule has 2 heterocycles. The van der Waals surface area contributed by atoms with Crippen LogP contribution < -0.4 is 16.3 Å². The van der Waals surface area contributed by atoms with E-state index in [9.17, 15) is 14.4 Å². The van der Waals surface area contributed by atoms with Crippen LogP contribution in [0.25, 0.3) is 32.3 Å². The van der Waals surface area contributed by atoms with Crippen molar-refractivity contribution in [2.24, 2.45) is 0 Å². The fourth-order valence-electron chi connectivity index (χ4n) is 3.52. The van der Waals surface area contributed by atoms with Crippen LogP contribution >= 0.6 is 11.3 Å². The zero-order valence-corrected chi connectivity index (χ0v) is 18.2. The van der Waals surface area contributed by atoms with Crippen molar-refractivity contribution in [3.63, 3.8) is 0 Å². The topological polar surface area (TPSA) is 101 Å². The predicted molar refractivity (Wildman–Crippen MR) is 130 cm³/mol. The Morgan fingerprint density at radius 1 is 0.939 bits per heavy atom. The first-order chi connectivity index (χ1) is 16.0. The van der Waals surface area contributed by atoms with E-state index < -0.39 is 5.63 Å². The summed E-state index contributed by atoms with van der Waals surface area (Å²) >= 11 is 1.31. The molecule has 0 bridgehead atoms. The van der Waals surface area contributed by atoms with Crippen LogP contribution in [-0.2, 0) is 4.79 Å². The molecular weight excluding hydrogens is 438 g/mol. The molecule has 8 heteroatoms. The van der Waals surface area contributed by atoms with Crippen molar-refractivity contribution in [1.82, 2.24) is 4.98 Å². The van der Waals surface area contributed by atoms with Crippen molar-refractivity contribution in [2.45, 2.75) is 6.92 Å². The van der Waals surface area contributed by atoms with Crippen LogP contribution in [0.2, 0.25) is 0 Å². The summed E-state index contributed by atoms with van der Waals surface area (Å²) in [6.45, 7) is 1.44. The molecule has 0 aliphatic rings. The van der Waals surface area contributed by atoms with Crippen LogP contribution in [0.5, 0.6) is 0 Å². The maximum Gasteiger partial charge on any atom is 0.344 e. The lowest BCUT2D eigenvalue weighted by atomic mass is 10.0. The number of para-hydroxylation sites is 1. The number of carbonyl (C=O) groups excluding carboxylic acids is 2. The van der Waals surface area contributed by atoms with E-state index in [0.29, 0.717) is 38.6 Å². The van der Waals surface area contributed by atoms with Crippen LogP contribution in [0.4, 0.5) is 10.8 Å². The highest BCUT2D eigenvalue weighted by Gasteiger charge is 2.14. The van der Waals surface area contributed by atoms with Crippen LogP contribution in [-0.4, -0.2) is 16.8 Å². The predicted octanol–water partition coefficient (Wildman–Crippen LogP) is 5.28. The molecule has 0 saturated carbocycles. The van der Waals surface area contributed by atoms with Crippen LogP contribution in [0.1, 0.15) is 17.3 Å². The third-order valence-electron chi connectivity index (χ3n) is 5.01. The normalized spacial score (nSPS) is 10.9. The quantitative estimate of drug-likeness (QED) is 0.359. The summed E-state index contributed by atoms with van der Waals surface area (Å²) in [4.78, 5) is 41.1. The van der Waals surface area contributed by atoms with E-state index in [-0.39, 0.29) is 11.8 Å². The Bertz CT molecular complexity index is 1600. The monoisotopic (exact) mass is 455 g/mol. The Hall–Kier alpha value is -4.30. The van der Waals surface area contributed by atoms with E-state index >= 15 is 0 Å². The molecule has 0 saturated heterocycles. The fourth-order valence-corrected chi connectivity index (χ4v) is 4.42. The van der Waals surface area contributed by atoms with Gasteiger partial charge in [-0.2, -0.15) is 0 Å². The van der Waals surface area contributed by atoms with Crippen LogP contribution in [0.3, 0.4) is 0 Å². The van der Waals surface area contributed by atoms with Crippen molar-refractivity contribution < 1.29 is 14.0 Å². The molecule has 0 radical (unpaired) electrons. The number of aromatic nitrogens is 1. The second kappa shape index (κ2) is 8.33. The van der Waals surface area contributed by atoms with Crippen molar-refractivity contribution in [3.05, 3.63) is 88.8 Å². The van der Waals surface area contributed by atoms with E-state index in [1.165, 1.54) is 18.3 Å². The Labute approximate surface area is 191 Å². The Kier molecular flexibility index (Phi) is 5.20. The molecule has 7 nitrogen and oxygen atoms in total. The Balaban J connectivity index is 1.42. The third kappa shape index (κ3) is 4.24. The molecule has 0 fully saturated rings. The summed E-state index contributed by atoms with van der Waals surface area (Å²) < 4.78 is 6.25. The van der Waals surface area contributed by atoms with Gasteiger partial charge in [-0.3, -0.25) is 14.9 Å². The highest BCUT2D eigenvalue weighted by molar-refractivity contribution is 7.22. The molecule has 3 aromatic carbocycles. The molecule has 0 atom stereocenters. The summed E-state index contributed by atoms with van der Waals surface area (Å²) in [6, 6.07) is 21.2. The molecular formula is C25H17N3O4S. The number of hydrogen-bond donors (Lipinski definition) is 2. The molecule has 2 amide bonds. The average Bonchev–Trinajstić information content (AvgIpc) is 3.19. The van der Waals surface area contributed by atoms with Gasteiger partial charge < -0.3 is 9.73 Å². The van der Waals surface area contributed by atoms with E-state index in [2.05, 4.69) is 15.6 Å². The van der Waals surface area contributed by atoms with Crippen molar-refractivity contribution in [2.75, 3.05) is 10.6 Å². The minimum atomic E-state index is -0.465. The third-order valence-corrected chi connectivity index (χ3v) is 5.94. The van der Waals surface area contributed by atoms with E-state index in [4.69, 9.17) is 4.42 Å². The smallest absolute Gasteiger partial charge is 0.344 e. The molecule has 0 spiro atoms. The lowest BCUT2D eigenvalue weighted by Crippen LogP contribution is -2.12. The summed E-state index contributed by atoms with van der Waals surface area (Å²) in [6.07, 6.45) is 0. The SMILES string of the molecule is CC(=O)Nc1ccc2nc(NC(=O)c3cccc(-c4cc5ccccc5oc4=O)c3)sc2c1. The summed E-state index contributed by atoms with van der Waals surface area (Å²) in [7, 11) is 0. The first kappa shape index (κ1) is 20.6. The number of carbonyl (C=O) groups is 2. The number of anilines is 2. The van der Waals surface area contributed by atoms with E-state index in [1.54, 1.807) is 54.6 Å². The number of hydrogen-bond acceptors (Lipinski definition) is 6. The van der Waals surface area contributed by atoms with Gasteiger partial charge in [0, 0.05) is 23.6 Å². The molecule has 0 aliphatic heterocycles. The number of nitrogens with one attached hydrogen (secondary N) is 2. The van der Waals surface area contributed by atoms with Gasteiger partial charge in [0.05, 0.1) is 15.8 Å². The maximum absolute atomic E-state index is 12.9. The van der Waals surface area contributed by atoms with Gasteiger partial charge in [0.15, 0.2) is 5.13 Å². The largest absolute Gasteiger partial charge is 0.422 e. The zero-order valence-electron chi connectivity index (χ0n) is 17.4. The highest BCUT2D eigenvalue weighted by atomic mass is 32.1. The van der Waals surface area contributed by atoms with Gasteiger partial charge in [-0.25, -0.2) is 9.78 Å². The van der Waals surface area contributed by atoms with E-state index in [0.717, 1.165) is 10.1 Å². The van der Waals surface area contributed by atoms with Gasteiger partial charge in [-0.15, -0.1) is 0 Å². The van der Waals surface area contributed by atoms with Crippen molar-refractivity contribution in [1.29, 1.82) is 0 Å². The molecule has 0 aliphatic carbocycles. The second-order valence-corrected chi connectivity index (χ2v) is 8.43. The van der Waals surface area contributed by atoms with Gasteiger partial charge in [0.25, 0.3) is 5.91 Å². The average molecular weight is 455 g/mol. The zero-order chi connectivity index (χ0) is 22.9. The van der Waals surface area contributed by atoms with Gasteiger partial charge in [-0.05, 0) is 48.0 Å². The molecule has 5 rings (SSSR count). The summed E-state index contributed by atoms with van der Waals surface area (Å²) in [5, 5.41) is 6.78. The first-order valence-corrected chi connectivity index (χ1v) is 10.9. The number of fused-ring (bicyclic) bond motifs is 2. The lowest BCUT2D eigenvalue weighted by molar-refractivity contribution is -0.114. The molecule has 2 aromatic heterocycles. The molecule has 5 aromatic rings. The lowest BCUT2D eigenvalue weighted by Gasteiger charge is -2.06. The van der Waals surface area contributed by atoms with Gasteiger partial charge in [-0.1, -0.05) is 41.7 Å². The summed E-state index contributed by atoms with van der Waals surface area (Å²) in [5.74, 6) is -0.504. The van der Waals surface area contributed by atoms with Gasteiger partial charge >= 0.3 is 5.63 Å². The van der Waals surface area contributed by atoms with Crippen molar-refractivity contribution in [3.8, 4) is 11.1 Å². The standard InChI is InChI=1S/C25H17N3O4S/c1-14(29)26-18-9-10-20-22(13-18)33-25(27-20)28-23(30)17-7-4-6-15(11-17)19-12-16-5-2-3-8-21(16)32-24(19)31/h2-13H,1H3,(H,26,29)(H,27,28,30). The van der Waals surface area contributed by atoms with Gasteiger partial charge in [0.2, 0.25) is 5.91 Å². The van der Waals surface area contributed by atoms with Gasteiger partial charge in [0.1, 0.15) is 5.58 Å². The molecule has 162 valence electrons. The number of thiazole rings is 1. The number of benzene rings is 3. The number of nitrogens with zero attached hydrogens (tertiary/aromatic N) is 1. The number of rotatable bonds is 4. The Morgan fingerprint density at radius 2 is 1.79 bits per heavy atom. The Morgan fingerprint density at radius 3 is 2.64 bits per heavy atom. The fraction of sp³-hybridized carbons (Fsp3) is 0.0400. The molecule has 2 N–H and O–H groups in total. The molecule has 0 unspecified atom stereocenters. The van der Waals surface area contributed by atoms with Crippen molar-refractivity contribution >= 4 is 55.2 Å². The maximum atomic E-state index is 12.9. The minimum absolute atomic E-state index is 0.160. The number of amides is 2. The second-order valence-electron chi connectivity index (χ2n) is 7.40.